The molecule has 0 aliphatic carbocycles. The molecule has 1 aromatic carbocycles. The molecule has 1 atom stereocenters. The Bertz CT molecular complexity index is 355. The lowest BCUT2D eigenvalue weighted by atomic mass is 10.2. The summed E-state index contributed by atoms with van der Waals surface area (Å²) in [6.07, 6.45) is 0. The van der Waals surface area contributed by atoms with E-state index in [9.17, 15) is 4.79 Å². The zero-order valence-corrected chi connectivity index (χ0v) is 10.3. The maximum absolute atomic E-state index is 11.3. The highest BCUT2D eigenvalue weighted by atomic mass is 35.5. The summed E-state index contributed by atoms with van der Waals surface area (Å²) in [5, 5.41) is 3.77. The number of esters is 1. The van der Waals surface area contributed by atoms with E-state index in [2.05, 4.69) is 5.32 Å². The highest BCUT2D eigenvalue weighted by Gasteiger charge is 2.13. The minimum absolute atomic E-state index is 0.241. The predicted octanol–water partition coefficient (Wildman–Crippen LogP) is 2.38. The Morgan fingerprint density at radius 3 is 2.81 bits per heavy atom. The van der Waals surface area contributed by atoms with E-state index in [1.54, 1.807) is 13.8 Å². The number of ether oxygens (including phenoxy) is 1. The van der Waals surface area contributed by atoms with Gasteiger partial charge in [0.15, 0.2) is 0 Å². The summed E-state index contributed by atoms with van der Waals surface area (Å²) >= 11 is 5.99. The van der Waals surface area contributed by atoms with Gasteiger partial charge in [-0.3, -0.25) is 4.79 Å². The van der Waals surface area contributed by atoms with Crippen molar-refractivity contribution in [3.63, 3.8) is 0 Å². The SMILES string of the molecule is CCOC(=O)C(C)NCc1ccccc1Cl. The van der Waals surface area contributed by atoms with Crippen molar-refractivity contribution in [2.24, 2.45) is 0 Å². The maximum Gasteiger partial charge on any atom is 0.322 e. The molecular weight excluding hydrogens is 226 g/mol. The summed E-state index contributed by atoms with van der Waals surface area (Å²) in [5.41, 5.74) is 0.973. The molecular formula is C12H16ClNO2. The summed E-state index contributed by atoms with van der Waals surface area (Å²) in [6, 6.07) is 7.22. The van der Waals surface area contributed by atoms with Crippen molar-refractivity contribution in [2.45, 2.75) is 26.4 Å². The quantitative estimate of drug-likeness (QED) is 0.805. The van der Waals surface area contributed by atoms with E-state index in [0.29, 0.717) is 18.2 Å². The lowest BCUT2D eigenvalue weighted by Crippen LogP contribution is -2.34. The average Bonchev–Trinajstić information content (AvgIpc) is 2.28. The lowest BCUT2D eigenvalue weighted by Gasteiger charge is -2.13. The number of nitrogens with one attached hydrogen (secondary N) is 1. The third-order valence-electron chi connectivity index (χ3n) is 2.20. The zero-order valence-electron chi connectivity index (χ0n) is 9.50. The van der Waals surface area contributed by atoms with E-state index in [0.717, 1.165) is 5.56 Å². The Morgan fingerprint density at radius 1 is 1.50 bits per heavy atom. The van der Waals surface area contributed by atoms with Gasteiger partial charge in [0.2, 0.25) is 0 Å². The van der Waals surface area contributed by atoms with Gasteiger partial charge in [0.25, 0.3) is 0 Å². The normalized spacial score (nSPS) is 12.2. The Kier molecular flexibility index (Phi) is 5.29. The van der Waals surface area contributed by atoms with Crippen molar-refractivity contribution in [1.82, 2.24) is 5.32 Å². The molecule has 0 saturated heterocycles. The summed E-state index contributed by atoms with van der Waals surface area (Å²) in [7, 11) is 0. The molecule has 0 amide bonds. The van der Waals surface area contributed by atoms with Gasteiger partial charge < -0.3 is 10.1 Å². The molecule has 1 N–H and O–H groups in total. The van der Waals surface area contributed by atoms with Crippen LogP contribution in [0.3, 0.4) is 0 Å². The van der Waals surface area contributed by atoms with Crippen LogP contribution < -0.4 is 5.32 Å². The van der Waals surface area contributed by atoms with Gasteiger partial charge in [0.1, 0.15) is 6.04 Å². The van der Waals surface area contributed by atoms with Crippen molar-refractivity contribution >= 4 is 17.6 Å². The summed E-state index contributed by atoms with van der Waals surface area (Å²) < 4.78 is 4.89. The van der Waals surface area contributed by atoms with Gasteiger partial charge in [-0.2, -0.15) is 0 Å². The second-order valence-electron chi connectivity index (χ2n) is 3.45. The van der Waals surface area contributed by atoms with E-state index in [-0.39, 0.29) is 12.0 Å². The van der Waals surface area contributed by atoms with Crippen LogP contribution in [0.15, 0.2) is 24.3 Å². The molecule has 0 heterocycles. The van der Waals surface area contributed by atoms with Gasteiger partial charge in [-0.1, -0.05) is 29.8 Å². The molecule has 1 aromatic rings. The molecule has 1 unspecified atom stereocenters. The molecule has 0 radical (unpaired) electrons. The first-order valence-corrected chi connectivity index (χ1v) is 5.66. The molecule has 3 nitrogen and oxygen atoms in total. The minimum Gasteiger partial charge on any atom is -0.465 e. The van der Waals surface area contributed by atoms with Gasteiger partial charge in [0, 0.05) is 11.6 Å². The number of halogens is 1. The van der Waals surface area contributed by atoms with E-state index in [4.69, 9.17) is 16.3 Å². The summed E-state index contributed by atoms with van der Waals surface area (Å²) in [4.78, 5) is 11.3. The molecule has 88 valence electrons. The number of rotatable bonds is 5. The fraction of sp³-hybridized carbons (Fsp3) is 0.417. The van der Waals surface area contributed by atoms with E-state index < -0.39 is 0 Å². The van der Waals surface area contributed by atoms with E-state index in [1.807, 2.05) is 24.3 Å². The first-order valence-electron chi connectivity index (χ1n) is 5.28. The smallest absolute Gasteiger partial charge is 0.322 e. The molecule has 16 heavy (non-hydrogen) atoms. The van der Waals surface area contributed by atoms with Crippen molar-refractivity contribution in [2.75, 3.05) is 6.61 Å². The lowest BCUT2D eigenvalue weighted by molar-refractivity contribution is -0.145. The molecule has 4 heteroatoms. The summed E-state index contributed by atoms with van der Waals surface area (Å²) in [6.45, 7) is 4.52. The number of carbonyl (C=O) groups excluding carboxylic acids is 1. The van der Waals surface area contributed by atoms with Crippen molar-refractivity contribution in [1.29, 1.82) is 0 Å². The fourth-order valence-electron chi connectivity index (χ4n) is 1.26. The molecule has 0 aliphatic heterocycles. The predicted molar refractivity (Wildman–Crippen MR) is 64.4 cm³/mol. The Hall–Kier alpha value is -1.06. The largest absolute Gasteiger partial charge is 0.465 e. The monoisotopic (exact) mass is 241 g/mol. The first kappa shape index (κ1) is 13.0. The third-order valence-corrected chi connectivity index (χ3v) is 2.57. The minimum atomic E-state index is -0.323. The number of hydrogen-bond donors (Lipinski definition) is 1. The van der Waals surface area contributed by atoms with Crippen LogP contribution in [0.4, 0.5) is 0 Å². The third kappa shape index (κ3) is 3.83. The molecule has 0 spiro atoms. The molecule has 1 rings (SSSR count). The Morgan fingerprint density at radius 2 is 2.19 bits per heavy atom. The zero-order chi connectivity index (χ0) is 12.0. The topological polar surface area (TPSA) is 38.3 Å². The van der Waals surface area contributed by atoms with Crippen LogP contribution in [-0.4, -0.2) is 18.6 Å². The maximum atomic E-state index is 11.3. The van der Waals surface area contributed by atoms with Crippen molar-refractivity contribution < 1.29 is 9.53 Å². The number of hydrogen-bond acceptors (Lipinski definition) is 3. The van der Waals surface area contributed by atoms with Crippen LogP contribution in [0.2, 0.25) is 5.02 Å². The summed E-state index contributed by atoms with van der Waals surface area (Å²) in [5.74, 6) is -0.241. The highest BCUT2D eigenvalue weighted by Crippen LogP contribution is 2.14. The van der Waals surface area contributed by atoms with Gasteiger partial charge in [-0.25, -0.2) is 0 Å². The standard InChI is InChI=1S/C12H16ClNO2/c1-3-16-12(15)9(2)14-8-10-6-4-5-7-11(10)13/h4-7,9,14H,3,8H2,1-2H3. The molecule has 0 saturated carbocycles. The molecule has 0 fully saturated rings. The van der Waals surface area contributed by atoms with Crippen molar-refractivity contribution in [3.05, 3.63) is 34.9 Å². The van der Waals surface area contributed by atoms with Crippen LogP contribution >= 0.6 is 11.6 Å². The van der Waals surface area contributed by atoms with Crippen LogP contribution in [0.1, 0.15) is 19.4 Å². The number of carbonyl (C=O) groups is 1. The van der Waals surface area contributed by atoms with Gasteiger partial charge >= 0.3 is 5.97 Å². The van der Waals surface area contributed by atoms with Gasteiger partial charge in [0.05, 0.1) is 6.61 Å². The highest BCUT2D eigenvalue weighted by molar-refractivity contribution is 6.31. The number of benzene rings is 1. The Balaban J connectivity index is 2.46. The van der Waals surface area contributed by atoms with E-state index in [1.165, 1.54) is 0 Å². The second-order valence-corrected chi connectivity index (χ2v) is 3.85. The van der Waals surface area contributed by atoms with Gasteiger partial charge in [-0.05, 0) is 25.5 Å². The van der Waals surface area contributed by atoms with Crippen LogP contribution in [-0.2, 0) is 16.1 Å². The fourth-order valence-corrected chi connectivity index (χ4v) is 1.46. The average molecular weight is 242 g/mol. The van der Waals surface area contributed by atoms with Crippen molar-refractivity contribution in [3.8, 4) is 0 Å². The first-order chi connectivity index (χ1) is 7.65. The molecule has 0 aliphatic rings. The van der Waals surface area contributed by atoms with Gasteiger partial charge in [-0.15, -0.1) is 0 Å². The van der Waals surface area contributed by atoms with E-state index >= 15 is 0 Å². The van der Waals surface area contributed by atoms with Crippen LogP contribution in [0.5, 0.6) is 0 Å². The van der Waals surface area contributed by atoms with Crippen LogP contribution in [0.25, 0.3) is 0 Å². The molecule has 0 aromatic heterocycles. The second kappa shape index (κ2) is 6.51. The Labute approximate surface area is 101 Å². The molecule has 0 bridgehead atoms. The van der Waals surface area contributed by atoms with Crippen LogP contribution in [0, 0.1) is 0 Å².